The molecule has 18 heavy (non-hydrogen) atoms. The number of aromatic hydroxyl groups is 1. The van der Waals surface area contributed by atoms with Crippen molar-refractivity contribution >= 4 is 21.7 Å². The van der Waals surface area contributed by atoms with Gasteiger partial charge in [-0.25, -0.2) is 13.2 Å². The Morgan fingerprint density at radius 3 is 2.67 bits per heavy atom. The zero-order valence-corrected chi connectivity index (χ0v) is 10.4. The number of phenols is 1. The fourth-order valence-electron chi connectivity index (χ4n) is 1.21. The molecule has 0 heterocycles. The maximum atomic E-state index is 11.6. The molecule has 100 valence electrons. The standard InChI is InChI=1S/C10H13NO6S/c1-17-4-5-18(15,16)11-9-3-2-7(12)6-8(9)10(13)14/h2-3,6,11-12H,4-5H2,1H3,(H,13,14). The molecule has 0 atom stereocenters. The highest BCUT2D eigenvalue weighted by Crippen LogP contribution is 2.22. The number of methoxy groups -OCH3 is 1. The predicted molar refractivity (Wildman–Crippen MR) is 64.4 cm³/mol. The number of hydrogen-bond donors (Lipinski definition) is 3. The number of carbonyl (C=O) groups is 1. The van der Waals surface area contributed by atoms with E-state index in [2.05, 4.69) is 9.46 Å². The normalized spacial score (nSPS) is 11.2. The minimum atomic E-state index is -3.69. The smallest absolute Gasteiger partial charge is 0.337 e. The molecule has 0 spiro atoms. The number of phenolic OH excluding ortho intramolecular Hbond substituents is 1. The highest BCUT2D eigenvalue weighted by atomic mass is 32.2. The van der Waals surface area contributed by atoms with Gasteiger partial charge < -0.3 is 14.9 Å². The van der Waals surface area contributed by atoms with Gasteiger partial charge in [-0.05, 0) is 18.2 Å². The number of carboxylic acids is 1. The number of ether oxygens (including phenoxy) is 1. The van der Waals surface area contributed by atoms with Gasteiger partial charge in [0.2, 0.25) is 10.0 Å². The summed E-state index contributed by atoms with van der Waals surface area (Å²) in [5, 5.41) is 18.1. The van der Waals surface area contributed by atoms with Gasteiger partial charge in [0.05, 0.1) is 23.6 Å². The maximum absolute atomic E-state index is 11.6. The van der Waals surface area contributed by atoms with Crippen LogP contribution < -0.4 is 4.72 Å². The van der Waals surface area contributed by atoms with Crippen LogP contribution in [0.15, 0.2) is 18.2 Å². The fourth-order valence-corrected chi connectivity index (χ4v) is 2.21. The van der Waals surface area contributed by atoms with Gasteiger partial charge in [0.15, 0.2) is 0 Å². The zero-order chi connectivity index (χ0) is 13.8. The van der Waals surface area contributed by atoms with E-state index in [0.717, 1.165) is 6.07 Å². The molecule has 0 unspecified atom stereocenters. The zero-order valence-electron chi connectivity index (χ0n) is 9.58. The van der Waals surface area contributed by atoms with Gasteiger partial charge in [-0.3, -0.25) is 4.72 Å². The van der Waals surface area contributed by atoms with Crippen LogP contribution >= 0.6 is 0 Å². The third kappa shape index (κ3) is 3.90. The van der Waals surface area contributed by atoms with Crippen molar-refractivity contribution in [2.75, 3.05) is 24.2 Å². The second kappa shape index (κ2) is 5.69. The Morgan fingerprint density at radius 2 is 2.11 bits per heavy atom. The highest BCUT2D eigenvalue weighted by molar-refractivity contribution is 7.92. The average Bonchev–Trinajstić information content (AvgIpc) is 2.28. The third-order valence-corrected chi connectivity index (χ3v) is 3.29. The van der Waals surface area contributed by atoms with Crippen LogP contribution in [-0.4, -0.2) is 44.1 Å². The first-order valence-corrected chi connectivity index (χ1v) is 6.56. The van der Waals surface area contributed by atoms with Crippen molar-refractivity contribution in [3.63, 3.8) is 0 Å². The van der Waals surface area contributed by atoms with Crippen molar-refractivity contribution in [3.05, 3.63) is 23.8 Å². The summed E-state index contributed by atoms with van der Waals surface area (Å²) in [6, 6.07) is 3.35. The van der Waals surface area contributed by atoms with E-state index < -0.39 is 16.0 Å². The molecule has 0 saturated carbocycles. The molecule has 0 aromatic heterocycles. The van der Waals surface area contributed by atoms with Crippen LogP contribution in [0.2, 0.25) is 0 Å². The number of rotatable bonds is 6. The Labute approximate surface area is 104 Å². The Morgan fingerprint density at radius 1 is 1.44 bits per heavy atom. The molecule has 7 nitrogen and oxygen atoms in total. The fraction of sp³-hybridized carbons (Fsp3) is 0.300. The van der Waals surface area contributed by atoms with Crippen molar-refractivity contribution in [1.29, 1.82) is 0 Å². The molecule has 0 aliphatic rings. The molecule has 1 rings (SSSR count). The molecule has 0 saturated heterocycles. The van der Waals surface area contributed by atoms with Gasteiger partial charge in [-0.1, -0.05) is 0 Å². The van der Waals surface area contributed by atoms with Crippen LogP contribution in [-0.2, 0) is 14.8 Å². The van der Waals surface area contributed by atoms with Crippen molar-refractivity contribution in [2.45, 2.75) is 0 Å². The van der Waals surface area contributed by atoms with Gasteiger partial charge in [0.1, 0.15) is 5.75 Å². The summed E-state index contributed by atoms with van der Waals surface area (Å²) in [5.74, 6) is -1.88. The Kier molecular flexibility index (Phi) is 4.51. The minimum Gasteiger partial charge on any atom is -0.508 e. The Hall–Kier alpha value is -1.80. The van der Waals surface area contributed by atoms with E-state index in [1.165, 1.54) is 19.2 Å². The molecule has 0 aliphatic carbocycles. The van der Waals surface area contributed by atoms with Gasteiger partial charge in [0, 0.05) is 7.11 Å². The molecule has 0 amide bonds. The first-order valence-electron chi connectivity index (χ1n) is 4.91. The van der Waals surface area contributed by atoms with Crippen molar-refractivity contribution in [1.82, 2.24) is 0 Å². The molecule has 0 fully saturated rings. The van der Waals surface area contributed by atoms with Gasteiger partial charge in [0.25, 0.3) is 0 Å². The second-order valence-corrected chi connectivity index (χ2v) is 5.29. The molecule has 1 aromatic rings. The summed E-state index contributed by atoms with van der Waals surface area (Å²) in [5.41, 5.74) is -0.424. The average molecular weight is 275 g/mol. The monoisotopic (exact) mass is 275 g/mol. The van der Waals surface area contributed by atoms with E-state index in [4.69, 9.17) is 10.2 Å². The highest BCUT2D eigenvalue weighted by Gasteiger charge is 2.16. The van der Waals surface area contributed by atoms with E-state index in [9.17, 15) is 13.2 Å². The molecule has 0 radical (unpaired) electrons. The number of sulfonamides is 1. The second-order valence-electron chi connectivity index (χ2n) is 3.45. The predicted octanol–water partition coefficient (Wildman–Crippen LogP) is 0.478. The number of carboxylic acid groups (broad SMARTS) is 1. The number of benzene rings is 1. The van der Waals surface area contributed by atoms with E-state index in [0.29, 0.717) is 0 Å². The topological polar surface area (TPSA) is 113 Å². The van der Waals surface area contributed by atoms with Crippen LogP contribution in [0.1, 0.15) is 10.4 Å². The lowest BCUT2D eigenvalue weighted by Crippen LogP contribution is -2.21. The van der Waals surface area contributed by atoms with Gasteiger partial charge in [-0.2, -0.15) is 0 Å². The minimum absolute atomic E-state index is 0.00415. The summed E-state index contributed by atoms with van der Waals surface area (Å²) >= 11 is 0. The summed E-state index contributed by atoms with van der Waals surface area (Å²) < 4.78 is 29.9. The molecular formula is C10H13NO6S. The van der Waals surface area contributed by atoms with Gasteiger partial charge in [-0.15, -0.1) is 0 Å². The molecule has 8 heteroatoms. The van der Waals surface area contributed by atoms with E-state index in [1.807, 2.05) is 0 Å². The van der Waals surface area contributed by atoms with Gasteiger partial charge >= 0.3 is 5.97 Å². The first kappa shape index (κ1) is 14.3. The Balaban J connectivity index is 3.01. The Bertz CT molecular complexity index is 539. The largest absolute Gasteiger partial charge is 0.508 e. The molecule has 0 bridgehead atoms. The van der Waals surface area contributed by atoms with Crippen molar-refractivity contribution in [3.8, 4) is 5.75 Å². The number of anilines is 1. The lowest BCUT2D eigenvalue weighted by Gasteiger charge is -2.10. The van der Waals surface area contributed by atoms with Crippen LogP contribution in [0.3, 0.4) is 0 Å². The number of nitrogens with one attached hydrogen (secondary N) is 1. The summed E-state index contributed by atoms with van der Waals surface area (Å²) in [7, 11) is -2.33. The van der Waals surface area contributed by atoms with Crippen LogP contribution in [0, 0.1) is 0 Å². The van der Waals surface area contributed by atoms with Crippen LogP contribution in [0.5, 0.6) is 5.75 Å². The molecule has 0 aliphatic heterocycles. The van der Waals surface area contributed by atoms with Crippen LogP contribution in [0.25, 0.3) is 0 Å². The SMILES string of the molecule is COCCS(=O)(=O)Nc1ccc(O)cc1C(=O)O. The summed E-state index contributed by atoms with van der Waals surface area (Å²) in [6.07, 6.45) is 0. The third-order valence-electron chi connectivity index (χ3n) is 2.06. The molecule has 3 N–H and O–H groups in total. The van der Waals surface area contributed by atoms with Crippen molar-refractivity contribution < 1.29 is 28.2 Å². The van der Waals surface area contributed by atoms with Crippen LogP contribution in [0.4, 0.5) is 5.69 Å². The number of aromatic carboxylic acids is 1. The van der Waals surface area contributed by atoms with E-state index in [-0.39, 0.29) is 29.4 Å². The maximum Gasteiger partial charge on any atom is 0.337 e. The summed E-state index contributed by atoms with van der Waals surface area (Å²) in [6.45, 7) is -0.00415. The lowest BCUT2D eigenvalue weighted by atomic mass is 10.2. The molecule has 1 aromatic carbocycles. The summed E-state index contributed by atoms with van der Waals surface area (Å²) in [4.78, 5) is 10.9. The van der Waals surface area contributed by atoms with Crippen molar-refractivity contribution in [2.24, 2.45) is 0 Å². The molecular weight excluding hydrogens is 262 g/mol. The lowest BCUT2D eigenvalue weighted by molar-refractivity contribution is 0.0697. The number of hydrogen-bond acceptors (Lipinski definition) is 5. The first-order chi connectivity index (χ1) is 8.35. The van der Waals surface area contributed by atoms with E-state index >= 15 is 0 Å². The quantitative estimate of drug-likeness (QED) is 0.651. The van der Waals surface area contributed by atoms with E-state index in [1.54, 1.807) is 0 Å².